The van der Waals surface area contributed by atoms with Crippen molar-refractivity contribution in [2.24, 2.45) is 0 Å². The van der Waals surface area contributed by atoms with Gasteiger partial charge in [0.2, 0.25) is 0 Å². The van der Waals surface area contributed by atoms with E-state index in [0.29, 0.717) is 5.75 Å². The molecule has 0 aliphatic rings. The standard InChI is InChI=1S/C12H9O3/c13-12(14)8-15-11-7-3-5-9-4-1-2-6-10(9)11/h2-7H,8H2,(H,13,14). The summed E-state index contributed by atoms with van der Waals surface area (Å²) in [6, 6.07) is 13.9. The fourth-order valence-electron chi connectivity index (χ4n) is 1.40. The molecular weight excluding hydrogens is 192 g/mol. The van der Waals surface area contributed by atoms with E-state index in [1.165, 1.54) is 0 Å². The van der Waals surface area contributed by atoms with Crippen molar-refractivity contribution in [1.29, 1.82) is 0 Å². The van der Waals surface area contributed by atoms with Crippen LogP contribution in [0.4, 0.5) is 0 Å². The van der Waals surface area contributed by atoms with E-state index in [9.17, 15) is 4.79 Å². The minimum absolute atomic E-state index is 0.322. The van der Waals surface area contributed by atoms with Gasteiger partial charge in [-0.25, -0.2) is 4.79 Å². The highest BCUT2D eigenvalue weighted by Crippen LogP contribution is 2.24. The molecule has 0 atom stereocenters. The van der Waals surface area contributed by atoms with Gasteiger partial charge >= 0.3 is 5.97 Å². The van der Waals surface area contributed by atoms with Crippen LogP contribution in [0.5, 0.6) is 5.75 Å². The average Bonchev–Trinajstić information content (AvgIpc) is 2.26. The van der Waals surface area contributed by atoms with Crippen LogP contribution in [0.15, 0.2) is 36.4 Å². The third kappa shape index (κ3) is 2.07. The van der Waals surface area contributed by atoms with Gasteiger partial charge in [-0.3, -0.25) is 0 Å². The second-order valence-electron chi connectivity index (χ2n) is 3.09. The zero-order valence-electron chi connectivity index (χ0n) is 7.93. The highest BCUT2D eigenvalue weighted by molar-refractivity contribution is 5.88. The molecule has 2 aromatic carbocycles. The van der Waals surface area contributed by atoms with Gasteiger partial charge in [-0.15, -0.1) is 0 Å². The summed E-state index contributed by atoms with van der Waals surface area (Å²) in [5, 5.41) is 10.4. The summed E-state index contributed by atoms with van der Waals surface area (Å²) in [5.41, 5.74) is 0. The van der Waals surface area contributed by atoms with Crippen LogP contribution in [0.3, 0.4) is 0 Å². The Morgan fingerprint density at radius 3 is 3.07 bits per heavy atom. The van der Waals surface area contributed by atoms with E-state index in [4.69, 9.17) is 9.84 Å². The number of hydrogen-bond acceptors (Lipinski definition) is 2. The zero-order chi connectivity index (χ0) is 10.7. The van der Waals surface area contributed by atoms with Gasteiger partial charge in [0.25, 0.3) is 0 Å². The molecule has 0 spiro atoms. The Morgan fingerprint density at radius 2 is 2.27 bits per heavy atom. The molecule has 0 fully saturated rings. The maximum absolute atomic E-state index is 10.4. The van der Waals surface area contributed by atoms with Crippen molar-refractivity contribution in [2.75, 3.05) is 6.61 Å². The van der Waals surface area contributed by atoms with Gasteiger partial charge in [0.1, 0.15) is 5.75 Å². The normalized spacial score (nSPS) is 10.1. The summed E-state index contributed by atoms with van der Waals surface area (Å²) in [7, 11) is 0. The van der Waals surface area contributed by atoms with E-state index in [2.05, 4.69) is 6.07 Å². The average molecular weight is 201 g/mol. The third-order valence-corrected chi connectivity index (χ3v) is 2.04. The van der Waals surface area contributed by atoms with Crippen LogP contribution in [-0.2, 0) is 4.79 Å². The van der Waals surface area contributed by atoms with Crippen molar-refractivity contribution in [3.63, 3.8) is 0 Å². The number of aliphatic carboxylic acids is 1. The summed E-state index contributed by atoms with van der Waals surface area (Å²) < 4.78 is 5.17. The molecule has 75 valence electrons. The fourth-order valence-corrected chi connectivity index (χ4v) is 1.40. The highest BCUT2D eigenvalue weighted by Gasteiger charge is 2.03. The van der Waals surface area contributed by atoms with Gasteiger partial charge in [-0.1, -0.05) is 24.3 Å². The molecule has 0 aliphatic heterocycles. The zero-order valence-corrected chi connectivity index (χ0v) is 7.93. The molecule has 0 heterocycles. The number of carboxylic acids is 1. The second-order valence-corrected chi connectivity index (χ2v) is 3.09. The van der Waals surface area contributed by atoms with Crippen LogP contribution in [0, 0.1) is 6.07 Å². The molecule has 0 unspecified atom stereocenters. The molecule has 1 radical (unpaired) electrons. The van der Waals surface area contributed by atoms with Crippen molar-refractivity contribution in [3.8, 4) is 5.75 Å². The highest BCUT2D eigenvalue weighted by atomic mass is 16.5. The maximum atomic E-state index is 10.4. The van der Waals surface area contributed by atoms with Crippen LogP contribution in [0.2, 0.25) is 0 Å². The molecule has 0 aliphatic carbocycles. The van der Waals surface area contributed by atoms with Crippen LogP contribution in [-0.4, -0.2) is 17.7 Å². The lowest BCUT2D eigenvalue weighted by Gasteiger charge is -2.06. The Balaban J connectivity index is 2.38. The first kappa shape index (κ1) is 9.52. The van der Waals surface area contributed by atoms with Gasteiger partial charge in [0.05, 0.1) is 0 Å². The van der Waals surface area contributed by atoms with Gasteiger partial charge in [0.15, 0.2) is 6.61 Å². The molecule has 0 amide bonds. The minimum Gasteiger partial charge on any atom is -0.481 e. The van der Waals surface area contributed by atoms with Crippen LogP contribution in [0.1, 0.15) is 0 Å². The Morgan fingerprint density at radius 1 is 1.40 bits per heavy atom. The first-order valence-electron chi connectivity index (χ1n) is 4.51. The number of carbonyl (C=O) groups is 1. The molecule has 3 heteroatoms. The largest absolute Gasteiger partial charge is 0.481 e. The monoisotopic (exact) mass is 201 g/mol. The molecule has 2 rings (SSSR count). The topological polar surface area (TPSA) is 46.5 Å². The lowest BCUT2D eigenvalue weighted by Crippen LogP contribution is -2.09. The van der Waals surface area contributed by atoms with Crippen molar-refractivity contribution in [3.05, 3.63) is 42.5 Å². The smallest absolute Gasteiger partial charge is 0.341 e. The van der Waals surface area contributed by atoms with E-state index in [0.717, 1.165) is 10.8 Å². The summed E-state index contributed by atoms with van der Waals surface area (Å²) in [4.78, 5) is 10.4. The molecule has 3 nitrogen and oxygen atoms in total. The van der Waals surface area contributed by atoms with Crippen molar-refractivity contribution < 1.29 is 14.6 Å². The van der Waals surface area contributed by atoms with Crippen molar-refractivity contribution in [2.45, 2.75) is 0 Å². The minimum atomic E-state index is -0.977. The Kier molecular flexibility index (Phi) is 2.54. The molecular formula is C12H9O3. The lowest BCUT2D eigenvalue weighted by molar-refractivity contribution is -0.139. The number of hydrogen-bond donors (Lipinski definition) is 1. The van der Waals surface area contributed by atoms with Crippen molar-refractivity contribution >= 4 is 16.7 Å². The summed E-state index contributed by atoms with van der Waals surface area (Å²) in [6.45, 7) is -0.322. The lowest BCUT2D eigenvalue weighted by atomic mass is 10.1. The Labute approximate surface area is 86.9 Å². The number of rotatable bonds is 3. The second kappa shape index (κ2) is 4.00. The molecule has 15 heavy (non-hydrogen) atoms. The summed E-state index contributed by atoms with van der Waals surface area (Å²) >= 11 is 0. The van der Waals surface area contributed by atoms with Gasteiger partial charge in [-0.2, -0.15) is 0 Å². The first-order chi connectivity index (χ1) is 7.27. The van der Waals surface area contributed by atoms with E-state index >= 15 is 0 Å². The van der Waals surface area contributed by atoms with E-state index < -0.39 is 5.97 Å². The van der Waals surface area contributed by atoms with Crippen LogP contribution >= 0.6 is 0 Å². The van der Waals surface area contributed by atoms with Gasteiger partial charge in [0, 0.05) is 5.39 Å². The number of fused-ring (bicyclic) bond motifs is 1. The number of ether oxygens (including phenoxy) is 1. The predicted molar refractivity (Wildman–Crippen MR) is 55.9 cm³/mol. The summed E-state index contributed by atoms with van der Waals surface area (Å²) in [6.07, 6.45) is 0. The summed E-state index contributed by atoms with van der Waals surface area (Å²) in [5.74, 6) is -0.390. The first-order valence-corrected chi connectivity index (χ1v) is 4.51. The molecule has 1 N–H and O–H groups in total. The fraction of sp³-hybridized carbons (Fsp3) is 0.0833. The van der Waals surface area contributed by atoms with Gasteiger partial charge in [-0.05, 0) is 23.6 Å². The predicted octanol–water partition coefficient (Wildman–Crippen LogP) is 2.10. The number of carboxylic acid groups (broad SMARTS) is 1. The van der Waals surface area contributed by atoms with Crippen LogP contribution < -0.4 is 4.74 Å². The molecule has 0 bridgehead atoms. The third-order valence-electron chi connectivity index (χ3n) is 2.04. The molecule has 0 saturated carbocycles. The molecule has 0 aromatic heterocycles. The Bertz CT molecular complexity index is 486. The Hall–Kier alpha value is -2.03. The SMILES string of the molecule is O=C(O)COc1cccc2c[c]ccc12. The van der Waals surface area contributed by atoms with Gasteiger partial charge < -0.3 is 9.84 Å². The molecule has 2 aromatic rings. The van der Waals surface area contributed by atoms with Crippen LogP contribution in [0.25, 0.3) is 10.8 Å². The molecule has 0 saturated heterocycles. The maximum Gasteiger partial charge on any atom is 0.341 e. The van der Waals surface area contributed by atoms with Crippen molar-refractivity contribution in [1.82, 2.24) is 0 Å². The van der Waals surface area contributed by atoms with E-state index in [-0.39, 0.29) is 6.61 Å². The quantitative estimate of drug-likeness (QED) is 0.827. The van der Waals surface area contributed by atoms with E-state index in [1.54, 1.807) is 12.1 Å². The van der Waals surface area contributed by atoms with E-state index in [1.807, 2.05) is 24.3 Å². The number of benzene rings is 2.